The van der Waals surface area contributed by atoms with Crippen LogP contribution in [0.4, 0.5) is 8.78 Å². The lowest BCUT2D eigenvalue weighted by Gasteiger charge is -2.08. The van der Waals surface area contributed by atoms with E-state index in [1.807, 2.05) is 43.3 Å². The number of hydrogen-bond acceptors (Lipinski definition) is 3. The van der Waals surface area contributed by atoms with Crippen molar-refractivity contribution in [1.29, 1.82) is 0 Å². The number of rotatable bonds is 3. The summed E-state index contributed by atoms with van der Waals surface area (Å²) >= 11 is 0. The highest BCUT2D eigenvalue weighted by atomic mass is 19.3. The third-order valence-corrected chi connectivity index (χ3v) is 3.80. The van der Waals surface area contributed by atoms with Gasteiger partial charge in [-0.05, 0) is 36.8 Å². The van der Waals surface area contributed by atoms with E-state index in [1.54, 1.807) is 6.07 Å². The van der Waals surface area contributed by atoms with Crippen molar-refractivity contribution in [3.05, 3.63) is 54.2 Å². The molecule has 4 nitrogen and oxygen atoms in total. The second-order valence-electron chi connectivity index (χ2n) is 5.54. The van der Waals surface area contributed by atoms with Crippen LogP contribution in [0.25, 0.3) is 33.2 Å². The average Bonchev–Trinajstić information content (AvgIpc) is 2.97. The van der Waals surface area contributed by atoms with E-state index >= 15 is 0 Å². The number of alkyl halides is 2. The summed E-state index contributed by atoms with van der Waals surface area (Å²) in [7, 11) is 0. The zero-order valence-corrected chi connectivity index (χ0v) is 12.8. The van der Waals surface area contributed by atoms with Crippen LogP contribution in [0.15, 0.2) is 48.7 Å². The molecule has 0 unspecified atom stereocenters. The van der Waals surface area contributed by atoms with Crippen molar-refractivity contribution in [2.75, 3.05) is 0 Å². The van der Waals surface area contributed by atoms with Crippen molar-refractivity contribution in [2.24, 2.45) is 0 Å². The van der Waals surface area contributed by atoms with Crippen LogP contribution in [0.3, 0.4) is 0 Å². The van der Waals surface area contributed by atoms with Gasteiger partial charge in [0.05, 0.1) is 17.2 Å². The van der Waals surface area contributed by atoms with Gasteiger partial charge in [0.1, 0.15) is 0 Å². The molecule has 0 aliphatic carbocycles. The van der Waals surface area contributed by atoms with Gasteiger partial charge in [-0.1, -0.05) is 18.2 Å². The molecule has 0 radical (unpaired) electrons. The van der Waals surface area contributed by atoms with Gasteiger partial charge in [0.2, 0.25) is 5.88 Å². The summed E-state index contributed by atoms with van der Waals surface area (Å²) in [4.78, 5) is 11.8. The number of hydrogen-bond donors (Lipinski definition) is 1. The summed E-state index contributed by atoms with van der Waals surface area (Å²) < 4.78 is 29.1. The first-order valence-corrected chi connectivity index (χ1v) is 7.40. The second kappa shape index (κ2) is 5.56. The summed E-state index contributed by atoms with van der Waals surface area (Å²) in [6.07, 6.45) is 1.22. The van der Waals surface area contributed by atoms with Crippen molar-refractivity contribution in [1.82, 2.24) is 15.0 Å². The van der Waals surface area contributed by atoms with Gasteiger partial charge in [-0.25, -0.2) is 9.97 Å². The van der Waals surface area contributed by atoms with E-state index in [2.05, 4.69) is 19.7 Å². The molecule has 0 aliphatic heterocycles. The van der Waals surface area contributed by atoms with Gasteiger partial charge >= 0.3 is 6.61 Å². The normalized spacial score (nSPS) is 11.5. The number of ether oxygens (including phenoxy) is 1. The van der Waals surface area contributed by atoms with Crippen LogP contribution in [-0.4, -0.2) is 21.6 Å². The zero-order valence-electron chi connectivity index (χ0n) is 12.8. The first kappa shape index (κ1) is 14.6. The predicted molar refractivity (Wildman–Crippen MR) is 88.2 cm³/mol. The van der Waals surface area contributed by atoms with Crippen molar-refractivity contribution in [3.8, 4) is 17.1 Å². The Morgan fingerprint density at radius 3 is 2.75 bits per heavy atom. The molecule has 24 heavy (non-hydrogen) atoms. The van der Waals surface area contributed by atoms with Crippen LogP contribution in [0, 0.1) is 6.92 Å². The maximum atomic E-state index is 12.4. The first-order chi connectivity index (χ1) is 11.6. The molecule has 120 valence electrons. The molecule has 0 fully saturated rings. The third kappa shape index (κ3) is 2.56. The van der Waals surface area contributed by atoms with Crippen molar-refractivity contribution in [2.45, 2.75) is 13.5 Å². The maximum Gasteiger partial charge on any atom is 0.388 e. The van der Waals surface area contributed by atoms with Gasteiger partial charge in [0.15, 0.2) is 0 Å². The number of nitrogens with zero attached hydrogens (tertiary/aromatic N) is 2. The standard InChI is InChI=1S/C18H13F2N3O/c1-10-6-12(14-8-11-4-2-3-5-13(11)22-14)17-15(7-10)23-16(9-21-17)24-18(19)20/h2-9,18,22H,1H3. The Hall–Kier alpha value is -3.02. The minimum atomic E-state index is -2.92. The highest BCUT2D eigenvalue weighted by Gasteiger charge is 2.13. The summed E-state index contributed by atoms with van der Waals surface area (Å²) in [6.45, 7) is -0.997. The molecule has 0 atom stereocenters. The number of aryl methyl sites for hydroxylation is 1. The van der Waals surface area contributed by atoms with Gasteiger partial charge < -0.3 is 9.72 Å². The fourth-order valence-corrected chi connectivity index (χ4v) is 2.82. The second-order valence-corrected chi connectivity index (χ2v) is 5.54. The predicted octanol–water partition coefficient (Wildman–Crippen LogP) is 4.69. The Bertz CT molecular complexity index is 1010. The number of nitrogens with one attached hydrogen (secondary N) is 1. The molecule has 6 heteroatoms. The highest BCUT2D eigenvalue weighted by molar-refractivity contribution is 5.95. The summed E-state index contributed by atoms with van der Waals surface area (Å²) in [6, 6.07) is 13.8. The molecule has 2 aromatic carbocycles. The van der Waals surface area contributed by atoms with E-state index in [9.17, 15) is 8.78 Å². The fraction of sp³-hybridized carbons (Fsp3) is 0.111. The Morgan fingerprint density at radius 2 is 1.96 bits per heavy atom. The molecular formula is C18H13F2N3O. The molecule has 0 saturated heterocycles. The Kier molecular flexibility index (Phi) is 3.37. The van der Waals surface area contributed by atoms with Crippen molar-refractivity contribution < 1.29 is 13.5 Å². The minimum Gasteiger partial charge on any atom is -0.415 e. The van der Waals surface area contributed by atoms with E-state index in [0.717, 1.165) is 27.7 Å². The number of benzene rings is 2. The van der Waals surface area contributed by atoms with Gasteiger partial charge in [-0.2, -0.15) is 8.78 Å². The summed E-state index contributed by atoms with van der Waals surface area (Å²) in [5.74, 6) is -0.189. The lowest BCUT2D eigenvalue weighted by Crippen LogP contribution is -2.04. The zero-order chi connectivity index (χ0) is 16.7. The smallest absolute Gasteiger partial charge is 0.388 e. The SMILES string of the molecule is Cc1cc(-c2cc3ccccc3[nH]2)c2ncc(OC(F)F)nc2c1. The number of aromatic amines is 1. The van der Waals surface area contributed by atoms with Gasteiger partial charge in [-0.15, -0.1) is 0 Å². The maximum absolute atomic E-state index is 12.4. The molecule has 4 aromatic rings. The van der Waals surface area contributed by atoms with Crippen LogP contribution in [0.5, 0.6) is 5.88 Å². The van der Waals surface area contributed by atoms with Crippen LogP contribution < -0.4 is 4.74 Å². The quantitative estimate of drug-likeness (QED) is 0.594. The van der Waals surface area contributed by atoms with Crippen LogP contribution in [0.1, 0.15) is 5.56 Å². The monoisotopic (exact) mass is 325 g/mol. The van der Waals surface area contributed by atoms with E-state index in [1.165, 1.54) is 6.20 Å². The van der Waals surface area contributed by atoms with Crippen LogP contribution in [-0.2, 0) is 0 Å². The molecular weight excluding hydrogens is 312 g/mol. The molecule has 0 amide bonds. The summed E-state index contributed by atoms with van der Waals surface area (Å²) in [5, 5.41) is 1.09. The minimum absolute atomic E-state index is 0.189. The Balaban J connectivity index is 1.91. The number of H-pyrrole nitrogens is 1. The lowest BCUT2D eigenvalue weighted by molar-refractivity contribution is -0.0528. The average molecular weight is 325 g/mol. The molecule has 4 rings (SSSR count). The molecule has 0 saturated carbocycles. The fourth-order valence-electron chi connectivity index (χ4n) is 2.82. The number of para-hydroxylation sites is 1. The van der Waals surface area contributed by atoms with Gasteiger partial charge in [0, 0.05) is 22.2 Å². The molecule has 0 spiro atoms. The van der Waals surface area contributed by atoms with Crippen LogP contribution >= 0.6 is 0 Å². The Labute approximate surface area is 136 Å². The van der Waals surface area contributed by atoms with E-state index in [0.29, 0.717) is 11.0 Å². The topological polar surface area (TPSA) is 50.8 Å². The van der Waals surface area contributed by atoms with Crippen LogP contribution in [0.2, 0.25) is 0 Å². The molecule has 2 heterocycles. The van der Waals surface area contributed by atoms with E-state index in [4.69, 9.17) is 0 Å². The van der Waals surface area contributed by atoms with E-state index < -0.39 is 6.61 Å². The third-order valence-electron chi connectivity index (χ3n) is 3.80. The Morgan fingerprint density at radius 1 is 1.12 bits per heavy atom. The number of aromatic nitrogens is 3. The number of fused-ring (bicyclic) bond motifs is 2. The molecule has 1 N–H and O–H groups in total. The first-order valence-electron chi connectivity index (χ1n) is 7.40. The number of halogens is 2. The lowest BCUT2D eigenvalue weighted by atomic mass is 10.1. The van der Waals surface area contributed by atoms with Crippen molar-refractivity contribution in [3.63, 3.8) is 0 Å². The van der Waals surface area contributed by atoms with E-state index in [-0.39, 0.29) is 5.88 Å². The highest BCUT2D eigenvalue weighted by Crippen LogP contribution is 2.30. The largest absolute Gasteiger partial charge is 0.415 e. The van der Waals surface area contributed by atoms with Gasteiger partial charge in [-0.3, -0.25) is 0 Å². The molecule has 0 aliphatic rings. The molecule has 0 bridgehead atoms. The molecule has 2 aromatic heterocycles. The van der Waals surface area contributed by atoms with Crippen molar-refractivity contribution >= 4 is 21.9 Å². The van der Waals surface area contributed by atoms with Gasteiger partial charge in [0.25, 0.3) is 0 Å². The summed E-state index contributed by atoms with van der Waals surface area (Å²) in [5.41, 5.74) is 4.90.